The monoisotopic (exact) mass is 417 g/mol. The van der Waals surface area contributed by atoms with E-state index in [9.17, 15) is 4.79 Å². The van der Waals surface area contributed by atoms with Crippen LogP contribution in [0.4, 0.5) is 0 Å². The van der Waals surface area contributed by atoms with Gasteiger partial charge in [0.2, 0.25) is 0 Å². The Labute approximate surface area is 184 Å². The van der Waals surface area contributed by atoms with Crippen LogP contribution in [0.3, 0.4) is 0 Å². The molecule has 0 saturated carbocycles. The lowest BCUT2D eigenvalue weighted by Crippen LogP contribution is -2.52. The molecule has 1 saturated heterocycles. The molecule has 1 aromatic carbocycles. The smallest absolute Gasteiger partial charge is 0.255 e. The molecule has 31 heavy (non-hydrogen) atoms. The number of amidine groups is 1. The van der Waals surface area contributed by atoms with Gasteiger partial charge >= 0.3 is 0 Å². The van der Waals surface area contributed by atoms with Crippen LogP contribution in [0, 0.1) is 6.92 Å². The van der Waals surface area contributed by atoms with Gasteiger partial charge in [-0.25, -0.2) is 0 Å². The van der Waals surface area contributed by atoms with Gasteiger partial charge in [0, 0.05) is 68.7 Å². The Morgan fingerprint density at radius 2 is 1.81 bits per heavy atom. The number of hydrogen-bond donors (Lipinski definition) is 0. The van der Waals surface area contributed by atoms with Crippen LogP contribution < -0.4 is 0 Å². The minimum absolute atomic E-state index is 0.0519. The number of aliphatic imine (C=N–C) groups is 1. The van der Waals surface area contributed by atoms with Crippen molar-refractivity contribution in [3.05, 3.63) is 64.5 Å². The van der Waals surface area contributed by atoms with E-state index < -0.39 is 0 Å². The first-order valence-electron chi connectivity index (χ1n) is 11.3. The topological polar surface area (TPSA) is 52.0 Å². The van der Waals surface area contributed by atoms with E-state index in [1.165, 1.54) is 11.1 Å². The summed E-state index contributed by atoms with van der Waals surface area (Å²) in [6.07, 6.45) is 1.76. The number of amides is 1. The van der Waals surface area contributed by atoms with Gasteiger partial charge in [-0.3, -0.25) is 19.7 Å². The molecule has 0 bridgehead atoms. The summed E-state index contributed by atoms with van der Waals surface area (Å²) in [5.41, 5.74) is 5.44. The lowest BCUT2D eigenvalue weighted by molar-refractivity contribution is 0.0650. The molecule has 0 N–H and O–H groups in total. The minimum atomic E-state index is -0.0519. The Kier molecular flexibility index (Phi) is 5.05. The molecule has 162 valence electrons. The molecule has 0 spiro atoms. The van der Waals surface area contributed by atoms with Gasteiger partial charge in [-0.05, 0) is 24.1 Å². The van der Waals surface area contributed by atoms with Gasteiger partial charge < -0.3 is 9.80 Å². The number of piperazine rings is 1. The quantitative estimate of drug-likeness (QED) is 0.771. The summed E-state index contributed by atoms with van der Waals surface area (Å²) in [6, 6.07) is 10.6. The van der Waals surface area contributed by atoms with E-state index in [4.69, 9.17) is 4.99 Å². The van der Waals surface area contributed by atoms with E-state index in [2.05, 4.69) is 59.0 Å². The number of pyridine rings is 1. The molecule has 5 rings (SSSR count). The Bertz CT molecular complexity index is 1040. The molecular weight excluding hydrogens is 386 g/mol. The average Bonchev–Trinajstić information content (AvgIpc) is 3.20. The number of carbonyl (C=O) groups is 1. The molecule has 1 amide bonds. The van der Waals surface area contributed by atoms with Crippen molar-refractivity contribution in [2.75, 3.05) is 45.8 Å². The highest BCUT2D eigenvalue weighted by molar-refractivity contribution is 6.02. The van der Waals surface area contributed by atoms with E-state index in [-0.39, 0.29) is 11.3 Å². The van der Waals surface area contributed by atoms with E-state index in [1.807, 2.05) is 11.8 Å². The molecule has 3 aliphatic rings. The second kappa shape index (κ2) is 7.75. The molecule has 0 atom stereocenters. The third-order valence-electron chi connectivity index (χ3n) is 6.89. The van der Waals surface area contributed by atoms with Crippen molar-refractivity contribution < 1.29 is 4.79 Å². The van der Waals surface area contributed by atoms with Crippen molar-refractivity contribution >= 4 is 11.7 Å². The zero-order chi connectivity index (χ0) is 21.6. The van der Waals surface area contributed by atoms with Crippen molar-refractivity contribution in [3.8, 4) is 0 Å². The van der Waals surface area contributed by atoms with Crippen molar-refractivity contribution in [2.24, 2.45) is 4.99 Å². The van der Waals surface area contributed by atoms with E-state index >= 15 is 0 Å². The first kappa shape index (κ1) is 20.2. The number of rotatable bonds is 3. The molecular formula is C25H31N5O. The maximum Gasteiger partial charge on any atom is 0.255 e. The highest BCUT2D eigenvalue weighted by Crippen LogP contribution is 2.33. The Morgan fingerprint density at radius 3 is 2.61 bits per heavy atom. The summed E-state index contributed by atoms with van der Waals surface area (Å²) < 4.78 is 0. The molecule has 3 aliphatic heterocycles. The zero-order valence-corrected chi connectivity index (χ0v) is 18.8. The number of nitrogens with zero attached hydrogens (tertiary/aromatic N) is 5. The van der Waals surface area contributed by atoms with Gasteiger partial charge in [-0.1, -0.05) is 38.1 Å². The van der Waals surface area contributed by atoms with Crippen molar-refractivity contribution in [1.29, 1.82) is 0 Å². The second-order valence-electron chi connectivity index (χ2n) is 9.61. The summed E-state index contributed by atoms with van der Waals surface area (Å²) in [5.74, 6) is 1.28. The SMILES string of the molecule is Cc1cc2c(cn1)C(=O)N(CCN1CCN(C3=NCc4ccccc43)CC1)CC2(C)C. The van der Waals surface area contributed by atoms with Gasteiger partial charge in [-0.15, -0.1) is 0 Å². The summed E-state index contributed by atoms with van der Waals surface area (Å²) >= 11 is 0. The van der Waals surface area contributed by atoms with Crippen molar-refractivity contribution in [1.82, 2.24) is 19.7 Å². The molecule has 0 aliphatic carbocycles. The largest absolute Gasteiger partial charge is 0.354 e. The van der Waals surface area contributed by atoms with Crippen molar-refractivity contribution in [2.45, 2.75) is 32.7 Å². The van der Waals surface area contributed by atoms with Crippen LogP contribution in [-0.4, -0.2) is 77.2 Å². The average molecular weight is 418 g/mol. The fourth-order valence-corrected chi connectivity index (χ4v) is 5.11. The van der Waals surface area contributed by atoms with Gasteiger partial charge in [0.1, 0.15) is 5.84 Å². The Morgan fingerprint density at radius 1 is 1.03 bits per heavy atom. The van der Waals surface area contributed by atoms with Crippen LogP contribution >= 0.6 is 0 Å². The number of fused-ring (bicyclic) bond motifs is 2. The highest BCUT2D eigenvalue weighted by Gasteiger charge is 2.37. The van der Waals surface area contributed by atoms with E-state index in [1.54, 1.807) is 6.20 Å². The summed E-state index contributed by atoms with van der Waals surface area (Å²) in [4.78, 5) is 29.2. The van der Waals surface area contributed by atoms with Crippen LogP contribution in [0.1, 0.15) is 46.6 Å². The predicted molar refractivity (Wildman–Crippen MR) is 123 cm³/mol. The van der Waals surface area contributed by atoms with Crippen LogP contribution in [0.15, 0.2) is 41.5 Å². The number of aryl methyl sites for hydroxylation is 1. The highest BCUT2D eigenvalue weighted by atomic mass is 16.2. The minimum Gasteiger partial charge on any atom is -0.354 e. The third-order valence-corrected chi connectivity index (χ3v) is 6.89. The van der Waals surface area contributed by atoms with E-state index in [0.717, 1.165) is 75.0 Å². The predicted octanol–water partition coefficient (Wildman–Crippen LogP) is 2.70. The first-order valence-corrected chi connectivity index (χ1v) is 11.3. The van der Waals surface area contributed by atoms with Crippen molar-refractivity contribution in [3.63, 3.8) is 0 Å². The van der Waals surface area contributed by atoms with Gasteiger partial charge in [0.15, 0.2) is 0 Å². The summed E-state index contributed by atoms with van der Waals surface area (Å²) in [5, 5.41) is 0. The van der Waals surface area contributed by atoms with Crippen LogP contribution in [0.25, 0.3) is 0 Å². The Balaban J connectivity index is 1.19. The lowest BCUT2D eigenvalue weighted by Gasteiger charge is -2.41. The lowest BCUT2D eigenvalue weighted by atomic mass is 9.78. The molecule has 1 aromatic heterocycles. The van der Waals surface area contributed by atoms with Crippen LogP contribution in [0.2, 0.25) is 0 Å². The molecule has 0 unspecified atom stereocenters. The van der Waals surface area contributed by atoms with Crippen LogP contribution in [-0.2, 0) is 12.0 Å². The van der Waals surface area contributed by atoms with Gasteiger partial charge in [0.05, 0.1) is 12.1 Å². The summed E-state index contributed by atoms with van der Waals surface area (Å²) in [7, 11) is 0. The first-order chi connectivity index (χ1) is 14.9. The third kappa shape index (κ3) is 3.74. The number of aromatic nitrogens is 1. The van der Waals surface area contributed by atoms with Crippen LogP contribution in [0.5, 0.6) is 0 Å². The Hall–Kier alpha value is -2.73. The number of benzene rings is 1. The molecule has 2 aromatic rings. The van der Waals surface area contributed by atoms with Gasteiger partial charge in [0.25, 0.3) is 5.91 Å². The fraction of sp³-hybridized carbons (Fsp3) is 0.480. The fourth-order valence-electron chi connectivity index (χ4n) is 5.11. The maximum absolute atomic E-state index is 13.1. The normalized spacial score (nSPS) is 20.5. The molecule has 4 heterocycles. The molecule has 1 fully saturated rings. The number of carbonyl (C=O) groups excluding carboxylic acids is 1. The standard InChI is InChI=1S/C25H31N5O/c1-18-14-22-21(16-26-18)24(31)30(17-25(22,2)3)13-10-28-8-11-29(12-9-28)23-20-7-5-4-6-19(20)15-27-23/h4-7,14,16H,8-13,15,17H2,1-3H3. The summed E-state index contributed by atoms with van der Waals surface area (Å²) in [6.45, 7) is 13.7. The van der Waals surface area contributed by atoms with Gasteiger partial charge in [-0.2, -0.15) is 0 Å². The molecule has 6 heteroatoms. The molecule has 0 radical (unpaired) electrons. The maximum atomic E-state index is 13.1. The zero-order valence-electron chi connectivity index (χ0n) is 18.8. The second-order valence-corrected chi connectivity index (χ2v) is 9.61. The van der Waals surface area contributed by atoms with E-state index in [0.29, 0.717) is 0 Å². The number of hydrogen-bond acceptors (Lipinski definition) is 5. The molecule has 6 nitrogen and oxygen atoms in total.